The number of anilines is 2. The number of hydrogen-bond acceptors (Lipinski definition) is 3. The van der Waals surface area contributed by atoms with Crippen molar-refractivity contribution in [3.63, 3.8) is 0 Å². The van der Waals surface area contributed by atoms with E-state index >= 15 is 0 Å². The summed E-state index contributed by atoms with van der Waals surface area (Å²) in [6, 6.07) is 5.48. The molecule has 0 aliphatic heterocycles. The number of benzene rings is 1. The number of hydrogen-bond donors (Lipinski definition) is 3. The molecule has 0 aliphatic rings. The lowest BCUT2D eigenvalue weighted by molar-refractivity contribution is 0.100. The molecule has 1 aromatic carbocycles. The largest absolute Gasteiger partial charge is 0.397 e. The minimum Gasteiger partial charge on any atom is -0.397 e. The minimum atomic E-state index is -0.454. The van der Waals surface area contributed by atoms with Gasteiger partial charge in [0.05, 0.1) is 16.9 Å². The van der Waals surface area contributed by atoms with Gasteiger partial charge in [-0.2, -0.15) is 0 Å². The molecule has 4 nitrogen and oxygen atoms in total. The highest BCUT2D eigenvalue weighted by molar-refractivity contribution is 6.01. The maximum absolute atomic E-state index is 11.4. The van der Waals surface area contributed by atoms with Gasteiger partial charge < -0.3 is 16.8 Å². The number of nitrogen functional groups attached to an aromatic ring is 1. The van der Waals surface area contributed by atoms with Crippen LogP contribution in [0.2, 0.25) is 0 Å². The summed E-state index contributed by atoms with van der Waals surface area (Å²) >= 11 is 0. The summed E-state index contributed by atoms with van der Waals surface area (Å²) in [6.07, 6.45) is 3.41. The van der Waals surface area contributed by atoms with E-state index in [1.165, 1.54) is 6.42 Å². The Kier molecular flexibility index (Phi) is 5.67. The van der Waals surface area contributed by atoms with Gasteiger partial charge in [0, 0.05) is 6.04 Å². The Morgan fingerprint density at radius 2 is 1.95 bits per heavy atom. The molecular formula is C15H25N3O. The molecule has 1 rings (SSSR count). The second kappa shape index (κ2) is 7.02. The first-order valence-corrected chi connectivity index (χ1v) is 6.86. The molecule has 0 aromatic heterocycles. The SMILES string of the molecule is CC(C)CCCC(C)Nc1c(N)cccc1C(N)=O. The summed E-state index contributed by atoms with van der Waals surface area (Å²) < 4.78 is 0. The molecular weight excluding hydrogens is 238 g/mol. The summed E-state index contributed by atoms with van der Waals surface area (Å²) in [6.45, 7) is 6.54. The molecule has 0 bridgehead atoms. The van der Waals surface area contributed by atoms with Gasteiger partial charge in [-0.3, -0.25) is 4.79 Å². The fourth-order valence-electron chi connectivity index (χ4n) is 2.09. The smallest absolute Gasteiger partial charge is 0.250 e. The normalized spacial score (nSPS) is 12.4. The number of rotatable bonds is 7. The molecule has 0 heterocycles. The van der Waals surface area contributed by atoms with Crippen molar-refractivity contribution in [1.82, 2.24) is 0 Å². The lowest BCUT2D eigenvalue weighted by atomic mass is 10.0. The highest BCUT2D eigenvalue weighted by Crippen LogP contribution is 2.24. The van der Waals surface area contributed by atoms with Crippen LogP contribution in [0.4, 0.5) is 11.4 Å². The lowest BCUT2D eigenvalue weighted by Crippen LogP contribution is -2.21. The van der Waals surface area contributed by atoms with Gasteiger partial charge in [0.2, 0.25) is 0 Å². The molecule has 19 heavy (non-hydrogen) atoms. The van der Waals surface area contributed by atoms with Crippen LogP contribution in [0.1, 0.15) is 50.4 Å². The second-order valence-electron chi connectivity index (χ2n) is 5.50. The van der Waals surface area contributed by atoms with E-state index in [1.54, 1.807) is 18.2 Å². The van der Waals surface area contributed by atoms with Crippen LogP contribution in [-0.4, -0.2) is 11.9 Å². The van der Waals surface area contributed by atoms with E-state index in [0.717, 1.165) is 18.8 Å². The summed E-state index contributed by atoms with van der Waals surface area (Å²) in [5.41, 5.74) is 13.0. The third-order valence-electron chi connectivity index (χ3n) is 3.17. The number of primary amides is 1. The van der Waals surface area contributed by atoms with Crippen molar-refractivity contribution in [3.8, 4) is 0 Å². The standard InChI is InChI=1S/C15H25N3O/c1-10(2)6-4-7-11(3)18-14-12(15(17)19)8-5-9-13(14)16/h5,8-11,18H,4,6-7,16H2,1-3H3,(H2,17,19). The topological polar surface area (TPSA) is 81.1 Å². The van der Waals surface area contributed by atoms with Gasteiger partial charge in [-0.15, -0.1) is 0 Å². The van der Waals surface area contributed by atoms with Crippen molar-refractivity contribution in [3.05, 3.63) is 23.8 Å². The molecule has 1 aromatic rings. The molecule has 1 atom stereocenters. The van der Waals surface area contributed by atoms with Crippen LogP contribution in [-0.2, 0) is 0 Å². The Hall–Kier alpha value is -1.71. The average Bonchev–Trinajstić information content (AvgIpc) is 2.30. The van der Waals surface area contributed by atoms with E-state index in [2.05, 4.69) is 26.1 Å². The molecule has 0 saturated carbocycles. The summed E-state index contributed by atoms with van der Waals surface area (Å²) in [7, 11) is 0. The van der Waals surface area contributed by atoms with Crippen LogP contribution < -0.4 is 16.8 Å². The predicted molar refractivity (Wildman–Crippen MR) is 81.1 cm³/mol. The highest BCUT2D eigenvalue weighted by Gasteiger charge is 2.13. The zero-order valence-electron chi connectivity index (χ0n) is 12.1. The molecule has 1 amide bonds. The third-order valence-corrected chi connectivity index (χ3v) is 3.17. The van der Waals surface area contributed by atoms with Gasteiger partial charge >= 0.3 is 0 Å². The first-order chi connectivity index (χ1) is 8.91. The van der Waals surface area contributed by atoms with Gasteiger partial charge in [-0.05, 0) is 31.4 Å². The zero-order valence-corrected chi connectivity index (χ0v) is 12.1. The second-order valence-corrected chi connectivity index (χ2v) is 5.50. The van der Waals surface area contributed by atoms with Crippen LogP contribution >= 0.6 is 0 Å². The van der Waals surface area contributed by atoms with Crippen LogP contribution in [0.3, 0.4) is 0 Å². The van der Waals surface area contributed by atoms with Gasteiger partial charge in [-0.1, -0.05) is 32.8 Å². The quantitative estimate of drug-likeness (QED) is 0.661. The van der Waals surface area contributed by atoms with Gasteiger partial charge in [-0.25, -0.2) is 0 Å². The minimum absolute atomic E-state index is 0.265. The molecule has 0 radical (unpaired) electrons. The fourth-order valence-corrected chi connectivity index (χ4v) is 2.09. The molecule has 0 spiro atoms. The van der Waals surface area contributed by atoms with Crippen LogP contribution in [0.25, 0.3) is 0 Å². The van der Waals surface area contributed by atoms with E-state index in [-0.39, 0.29) is 6.04 Å². The van der Waals surface area contributed by atoms with Gasteiger partial charge in [0.25, 0.3) is 5.91 Å². The van der Waals surface area contributed by atoms with E-state index in [0.29, 0.717) is 16.9 Å². The van der Waals surface area contributed by atoms with E-state index in [9.17, 15) is 4.79 Å². The number of nitrogens with one attached hydrogen (secondary N) is 1. The van der Waals surface area contributed by atoms with Crippen LogP contribution in [0, 0.1) is 5.92 Å². The number of para-hydroxylation sites is 1. The van der Waals surface area contributed by atoms with Gasteiger partial charge in [0.15, 0.2) is 0 Å². The van der Waals surface area contributed by atoms with E-state index < -0.39 is 5.91 Å². The number of carbonyl (C=O) groups excluding carboxylic acids is 1. The van der Waals surface area contributed by atoms with Crippen molar-refractivity contribution < 1.29 is 4.79 Å². The van der Waals surface area contributed by atoms with Crippen LogP contribution in [0.5, 0.6) is 0 Å². The predicted octanol–water partition coefficient (Wildman–Crippen LogP) is 2.99. The average molecular weight is 263 g/mol. The molecule has 106 valence electrons. The van der Waals surface area contributed by atoms with E-state index in [4.69, 9.17) is 11.5 Å². The highest BCUT2D eigenvalue weighted by atomic mass is 16.1. The molecule has 4 heteroatoms. The Morgan fingerprint density at radius 1 is 1.26 bits per heavy atom. The Labute approximate surface area is 115 Å². The molecule has 5 N–H and O–H groups in total. The zero-order chi connectivity index (χ0) is 14.4. The van der Waals surface area contributed by atoms with Crippen molar-refractivity contribution in [2.45, 2.75) is 46.1 Å². The number of carbonyl (C=O) groups is 1. The van der Waals surface area contributed by atoms with E-state index in [1.807, 2.05) is 0 Å². The fraction of sp³-hybridized carbons (Fsp3) is 0.533. The maximum Gasteiger partial charge on any atom is 0.250 e. The number of nitrogens with two attached hydrogens (primary N) is 2. The first-order valence-electron chi connectivity index (χ1n) is 6.86. The van der Waals surface area contributed by atoms with Crippen molar-refractivity contribution in [1.29, 1.82) is 0 Å². The van der Waals surface area contributed by atoms with Crippen LogP contribution in [0.15, 0.2) is 18.2 Å². The molecule has 0 saturated heterocycles. The summed E-state index contributed by atoms with van der Waals surface area (Å²) in [5, 5.41) is 3.31. The Morgan fingerprint density at radius 3 is 2.53 bits per heavy atom. The Bertz CT molecular complexity index is 429. The third kappa shape index (κ3) is 4.81. The van der Waals surface area contributed by atoms with Crippen molar-refractivity contribution in [2.24, 2.45) is 11.7 Å². The molecule has 0 fully saturated rings. The van der Waals surface area contributed by atoms with Crippen molar-refractivity contribution >= 4 is 17.3 Å². The summed E-state index contributed by atoms with van der Waals surface area (Å²) in [5.74, 6) is 0.263. The molecule has 0 aliphatic carbocycles. The summed E-state index contributed by atoms with van der Waals surface area (Å²) in [4.78, 5) is 11.4. The number of amides is 1. The lowest BCUT2D eigenvalue weighted by Gasteiger charge is -2.19. The van der Waals surface area contributed by atoms with Gasteiger partial charge in [0.1, 0.15) is 0 Å². The first kappa shape index (κ1) is 15.3. The Balaban J connectivity index is 2.68. The maximum atomic E-state index is 11.4. The van der Waals surface area contributed by atoms with Crippen molar-refractivity contribution in [2.75, 3.05) is 11.1 Å². The monoisotopic (exact) mass is 263 g/mol. The molecule has 1 unspecified atom stereocenters.